The van der Waals surface area contributed by atoms with Crippen LogP contribution in [0.5, 0.6) is 0 Å². The first-order valence-electron chi connectivity index (χ1n) is 5.45. The fourth-order valence-electron chi connectivity index (χ4n) is 1.90. The van der Waals surface area contributed by atoms with E-state index in [4.69, 9.17) is 0 Å². The van der Waals surface area contributed by atoms with E-state index in [0.717, 1.165) is 12.0 Å². The molecule has 0 aromatic rings. The third-order valence-corrected chi connectivity index (χ3v) is 3.09. The van der Waals surface area contributed by atoms with E-state index in [1.165, 1.54) is 24.8 Å². The van der Waals surface area contributed by atoms with Crippen LogP contribution in [0.15, 0.2) is 23.3 Å². The molecule has 0 saturated carbocycles. The summed E-state index contributed by atoms with van der Waals surface area (Å²) in [6.07, 6.45) is 9.43. The van der Waals surface area contributed by atoms with Crippen molar-refractivity contribution in [3.05, 3.63) is 23.3 Å². The number of carbonyl (C=O) groups is 1. The monoisotopic (exact) mass is 192 g/mol. The standard InChI is InChI=1S/C13H20O/c1-10(11(2)12(3)14)9-13-7-5-4-6-8-13/h5,7,13H,4,6,8-9H2,1-3H3/b11-10+. The van der Waals surface area contributed by atoms with Crippen LogP contribution in [-0.4, -0.2) is 5.78 Å². The van der Waals surface area contributed by atoms with Crippen LogP contribution in [0.4, 0.5) is 0 Å². The predicted octanol–water partition coefficient (Wildman–Crippen LogP) is 3.66. The van der Waals surface area contributed by atoms with Gasteiger partial charge in [-0.25, -0.2) is 0 Å². The first-order chi connectivity index (χ1) is 6.61. The van der Waals surface area contributed by atoms with E-state index < -0.39 is 0 Å². The maximum Gasteiger partial charge on any atom is 0.155 e. The second-order valence-electron chi connectivity index (χ2n) is 4.28. The molecule has 0 aliphatic heterocycles. The lowest BCUT2D eigenvalue weighted by Gasteiger charge is -2.17. The minimum absolute atomic E-state index is 0.210. The number of carbonyl (C=O) groups excluding carboxylic acids is 1. The van der Waals surface area contributed by atoms with Gasteiger partial charge in [0.2, 0.25) is 0 Å². The molecule has 1 unspecified atom stereocenters. The van der Waals surface area contributed by atoms with E-state index in [9.17, 15) is 4.79 Å². The van der Waals surface area contributed by atoms with Gasteiger partial charge in [0.1, 0.15) is 0 Å². The summed E-state index contributed by atoms with van der Waals surface area (Å²) < 4.78 is 0. The van der Waals surface area contributed by atoms with Gasteiger partial charge in [-0.2, -0.15) is 0 Å². The Labute approximate surface area is 86.9 Å². The molecule has 0 spiro atoms. The Bertz CT molecular complexity index is 271. The zero-order valence-electron chi connectivity index (χ0n) is 9.47. The van der Waals surface area contributed by atoms with Crippen molar-refractivity contribution in [3.63, 3.8) is 0 Å². The van der Waals surface area contributed by atoms with E-state index in [0.29, 0.717) is 5.92 Å². The molecule has 14 heavy (non-hydrogen) atoms. The number of rotatable bonds is 3. The summed E-state index contributed by atoms with van der Waals surface area (Å²) in [7, 11) is 0. The van der Waals surface area contributed by atoms with Crippen LogP contribution < -0.4 is 0 Å². The maximum absolute atomic E-state index is 11.2. The summed E-state index contributed by atoms with van der Waals surface area (Å²) in [4.78, 5) is 11.2. The number of hydrogen-bond donors (Lipinski definition) is 0. The average molecular weight is 192 g/mol. The highest BCUT2D eigenvalue weighted by Gasteiger charge is 2.11. The second-order valence-corrected chi connectivity index (χ2v) is 4.28. The molecule has 0 aromatic heterocycles. The zero-order chi connectivity index (χ0) is 10.6. The molecular formula is C13H20O. The molecular weight excluding hydrogens is 172 g/mol. The number of Topliss-reactive ketones (excluding diaryl/α,β-unsaturated/α-hetero) is 1. The van der Waals surface area contributed by atoms with E-state index >= 15 is 0 Å². The number of hydrogen-bond acceptors (Lipinski definition) is 1. The van der Waals surface area contributed by atoms with Crippen LogP contribution in [-0.2, 0) is 4.79 Å². The minimum atomic E-state index is 0.210. The first-order valence-corrected chi connectivity index (χ1v) is 5.45. The molecule has 1 rings (SSSR count). The van der Waals surface area contributed by atoms with Crippen LogP contribution in [0.1, 0.15) is 46.5 Å². The first kappa shape index (κ1) is 11.2. The smallest absolute Gasteiger partial charge is 0.155 e. The highest BCUT2D eigenvalue weighted by atomic mass is 16.1. The van der Waals surface area contributed by atoms with Gasteiger partial charge >= 0.3 is 0 Å². The van der Waals surface area contributed by atoms with Gasteiger partial charge in [0, 0.05) is 0 Å². The molecule has 0 saturated heterocycles. The topological polar surface area (TPSA) is 17.1 Å². The predicted molar refractivity (Wildman–Crippen MR) is 60.2 cm³/mol. The lowest BCUT2D eigenvalue weighted by Crippen LogP contribution is -2.04. The van der Waals surface area contributed by atoms with Crippen LogP contribution in [0.3, 0.4) is 0 Å². The Kier molecular flexibility index (Phi) is 4.12. The summed E-state index contributed by atoms with van der Waals surface area (Å²) in [5.74, 6) is 0.875. The van der Waals surface area contributed by atoms with Crippen molar-refractivity contribution in [2.24, 2.45) is 5.92 Å². The Morgan fingerprint density at radius 2 is 2.07 bits per heavy atom. The molecule has 1 atom stereocenters. The fourth-order valence-corrected chi connectivity index (χ4v) is 1.90. The highest BCUT2D eigenvalue weighted by Crippen LogP contribution is 2.24. The van der Waals surface area contributed by atoms with Crippen molar-refractivity contribution >= 4 is 5.78 Å². The highest BCUT2D eigenvalue weighted by molar-refractivity contribution is 5.93. The quantitative estimate of drug-likeness (QED) is 0.492. The second kappa shape index (κ2) is 5.14. The normalized spacial score (nSPS) is 23.2. The molecule has 1 aliphatic rings. The molecule has 0 N–H and O–H groups in total. The Hall–Kier alpha value is -0.850. The van der Waals surface area contributed by atoms with Crippen molar-refractivity contribution < 1.29 is 4.79 Å². The van der Waals surface area contributed by atoms with Gasteiger partial charge in [-0.1, -0.05) is 17.7 Å². The summed E-state index contributed by atoms with van der Waals surface area (Å²) in [6, 6.07) is 0. The van der Waals surface area contributed by atoms with Crippen molar-refractivity contribution in [1.29, 1.82) is 0 Å². The molecule has 0 radical (unpaired) electrons. The van der Waals surface area contributed by atoms with E-state index in [2.05, 4.69) is 19.1 Å². The van der Waals surface area contributed by atoms with E-state index in [-0.39, 0.29) is 5.78 Å². The Balaban J connectivity index is 2.59. The maximum atomic E-state index is 11.2. The van der Waals surface area contributed by atoms with Crippen LogP contribution in [0, 0.1) is 5.92 Å². The molecule has 1 nitrogen and oxygen atoms in total. The molecule has 0 heterocycles. The number of allylic oxidation sites excluding steroid dienone is 4. The zero-order valence-corrected chi connectivity index (χ0v) is 9.47. The Morgan fingerprint density at radius 1 is 1.36 bits per heavy atom. The lowest BCUT2D eigenvalue weighted by molar-refractivity contribution is -0.113. The van der Waals surface area contributed by atoms with Gasteiger partial charge in [-0.15, -0.1) is 0 Å². The van der Waals surface area contributed by atoms with Gasteiger partial charge in [-0.3, -0.25) is 4.79 Å². The molecule has 0 amide bonds. The van der Waals surface area contributed by atoms with Crippen LogP contribution in [0.2, 0.25) is 0 Å². The number of ketones is 1. The third kappa shape index (κ3) is 3.13. The Morgan fingerprint density at radius 3 is 2.57 bits per heavy atom. The van der Waals surface area contributed by atoms with Gasteiger partial charge in [0.05, 0.1) is 0 Å². The van der Waals surface area contributed by atoms with Gasteiger partial charge in [0.25, 0.3) is 0 Å². The van der Waals surface area contributed by atoms with Crippen molar-refractivity contribution in [1.82, 2.24) is 0 Å². The molecule has 1 aliphatic carbocycles. The molecule has 1 heteroatoms. The van der Waals surface area contributed by atoms with E-state index in [1.54, 1.807) is 6.92 Å². The molecule has 78 valence electrons. The van der Waals surface area contributed by atoms with Crippen molar-refractivity contribution in [2.45, 2.75) is 46.5 Å². The van der Waals surface area contributed by atoms with E-state index in [1.807, 2.05) is 6.92 Å². The SMILES string of the molecule is CC(=O)/C(C)=C(\C)CC1C=CCCC1. The molecule has 0 fully saturated rings. The summed E-state index contributed by atoms with van der Waals surface area (Å²) in [5, 5.41) is 0. The largest absolute Gasteiger partial charge is 0.295 e. The van der Waals surface area contributed by atoms with Crippen molar-refractivity contribution in [2.75, 3.05) is 0 Å². The average Bonchev–Trinajstić information content (AvgIpc) is 2.18. The van der Waals surface area contributed by atoms with Gasteiger partial charge in [0.15, 0.2) is 5.78 Å². The fraction of sp³-hybridized carbons (Fsp3) is 0.615. The van der Waals surface area contributed by atoms with Gasteiger partial charge < -0.3 is 0 Å². The van der Waals surface area contributed by atoms with Crippen LogP contribution >= 0.6 is 0 Å². The van der Waals surface area contributed by atoms with Crippen LogP contribution in [0.25, 0.3) is 0 Å². The minimum Gasteiger partial charge on any atom is -0.295 e. The molecule has 0 aromatic carbocycles. The lowest BCUT2D eigenvalue weighted by atomic mass is 9.88. The molecule has 0 bridgehead atoms. The summed E-state index contributed by atoms with van der Waals surface area (Å²) in [6.45, 7) is 5.67. The third-order valence-electron chi connectivity index (χ3n) is 3.09. The summed E-state index contributed by atoms with van der Waals surface area (Å²) in [5.41, 5.74) is 2.21. The summed E-state index contributed by atoms with van der Waals surface area (Å²) >= 11 is 0. The van der Waals surface area contributed by atoms with Crippen molar-refractivity contribution in [3.8, 4) is 0 Å². The van der Waals surface area contributed by atoms with Gasteiger partial charge in [-0.05, 0) is 57.9 Å².